The van der Waals surface area contributed by atoms with E-state index in [0.29, 0.717) is 20.5 Å². The molecule has 1 aromatic heterocycles. The minimum absolute atomic E-state index is 0.345. The van der Waals surface area contributed by atoms with Crippen molar-refractivity contribution < 1.29 is 4.42 Å². The van der Waals surface area contributed by atoms with E-state index in [4.69, 9.17) is 4.42 Å². The molecule has 2 aromatic carbocycles. The van der Waals surface area contributed by atoms with Gasteiger partial charge < -0.3 is 0 Å². The fraction of sp³-hybridized carbons (Fsp3) is 0.0625. The Bertz CT molecular complexity index is 811. The van der Waals surface area contributed by atoms with Crippen LogP contribution in [-0.2, 0) is 0 Å². The Labute approximate surface area is 122 Å². The molecule has 3 nitrogen and oxygen atoms in total. The van der Waals surface area contributed by atoms with Crippen molar-refractivity contribution in [3.63, 3.8) is 0 Å². The van der Waals surface area contributed by atoms with Crippen LogP contribution in [0.15, 0.2) is 63.8 Å². The van der Waals surface area contributed by atoms with E-state index in [1.165, 1.54) is 10.5 Å². The van der Waals surface area contributed by atoms with Crippen molar-refractivity contribution in [2.45, 2.75) is 5.82 Å². The molecule has 0 bridgehead atoms. The van der Waals surface area contributed by atoms with Crippen LogP contribution in [0.4, 0.5) is 11.4 Å². The summed E-state index contributed by atoms with van der Waals surface area (Å²) in [6.07, 6.45) is 0. The maximum atomic E-state index is 11.6. The van der Waals surface area contributed by atoms with Crippen molar-refractivity contribution in [3.05, 3.63) is 65.0 Å². The summed E-state index contributed by atoms with van der Waals surface area (Å²) in [4.78, 5) is 11.6. The fourth-order valence-corrected chi connectivity index (χ4v) is 3.04. The van der Waals surface area contributed by atoms with Crippen LogP contribution < -0.4 is 15.4 Å². The maximum absolute atomic E-state index is 11.6. The number of fused-ring (bicyclic) bond motifs is 1. The first kappa shape index (κ1) is 13.0. The zero-order valence-corrected chi connectivity index (χ0v) is 12.6. The zero-order valence-electron chi connectivity index (χ0n) is 10.9. The molecule has 3 rings (SSSR count). The van der Waals surface area contributed by atoms with Crippen molar-refractivity contribution in [1.82, 2.24) is 0 Å². The monoisotopic (exact) mass is 331 g/mol. The van der Waals surface area contributed by atoms with Gasteiger partial charge in [0.1, 0.15) is 0 Å². The zero-order chi connectivity index (χ0) is 13.9. The first-order chi connectivity index (χ1) is 9.76. The summed E-state index contributed by atoms with van der Waals surface area (Å²) in [6.45, 7) is 0. The van der Waals surface area contributed by atoms with Crippen LogP contribution in [0.25, 0.3) is 11.0 Å². The summed E-state index contributed by atoms with van der Waals surface area (Å²) in [6, 6.07) is 17.3. The Morgan fingerprint density at radius 3 is 2.75 bits per heavy atom. The predicted molar refractivity (Wildman–Crippen MR) is 83.5 cm³/mol. The third-order valence-corrected chi connectivity index (χ3v) is 4.52. The van der Waals surface area contributed by atoms with E-state index in [9.17, 15) is 4.79 Å². The van der Waals surface area contributed by atoms with Crippen LogP contribution in [0.3, 0.4) is 0 Å². The molecular weight excluding hydrogens is 317 g/mol. The van der Waals surface area contributed by atoms with Crippen molar-refractivity contribution in [2.24, 2.45) is 0 Å². The van der Waals surface area contributed by atoms with Gasteiger partial charge in [0, 0.05) is 0 Å². The molecule has 0 saturated heterocycles. The second-order valence-corrected chi connectivity index (χ2v) is 6.18. The SMILES string of the molecule is C[Se]c1cccc(Nc2cc(=O)oc3ccccc23)c1. The average Bonchev–Trinajstić information content (AvgIpc) is 2.47. The fourth-order valence-electron chi connectivity index (χ4n) is 2.07. The summed E-state index contributed by atoms with van der Waals surface area (Å²) in [5.74, 6) is 2.18. The third kappa shape index (κ3) is 2.62. The normalized spacial score (nSPS) is 10.7. The number of nitrogens with one attached hydrogen (secondary N) is 1. The van der Waals surface area contributed by atoms with Gasteiger partial charge in [0.05, 0.1) is 0 Å². The second kappa shape index (κ2) is 5.53. The molecule has 0 fully saturated rings. The quantitative estimate of drug-likeness (QED) is 0.593. The Hall–Kier alpha value is -2.03. The molecule has 3 aromatic rings. The van der Waals surface area contributed by atoms with Gasteiger partial charge in [-0.05, 0) is 0 Å². The van der Waals surface area contributed by atoms with Crippen LogP contribution >= 0.6 is 0 Å². The van der Waals surface area contributed by atoms with Crippen molar-refractivity contribution in [3.8, 4) is 0 Å². The Morgan fingerprint density at radius 2 is 1.90 bits per heavy atom. The van der Waals surface area contributed by atoms with Crippen molar-refractivity contribution in [2.75, 3.05) is 5.32 Å². The Morgan fingerprint density at radius 1 is 1.05 bits per heavy atom. The number of hydrogen-bond donors (Lipinski definition) is 1. The van der Waals surface area contributed by atoms with Gasteiger partial charge in [-0.1, -0.05) is 0 Å². The molecule has 0 aliphatic carbocycles. The van der Waals surface area contributed by atoms with E-state index >= 15 is 0 Å². The molecule has 0 radical (unpaired) electrons. The van der Waals surface area contributed by atoms with Crippen LogP contribution in [0.2, 0.25) is 5.82 Å². The average molecular weight is 330 g/mol. The van der Waals surface area contributed by atoms with E-state index in [0.717, 1.165) is 16.8 Å². The first-order valence-corrected chi connectivity index (χ1v) is 8.77. The second-order valence-electron chi connectivity index (χ2n) is 4.33. The molecule has 0 aliphatic heterocycles. The minimum atomic E-state index is -0.345. The Balaban J connectivity index is 2.08. The van der Waals surface area contributed by atoms with Crippen molar-refractivity contribution >= 4 is 41.8 Å². The topological polar surface area (TPSA) is 42.2 Å². The van der Waals surface area contributed by atoms with E-state index in [-0.39, 0.29) is 5.63 Å². The van der Waals surface area contributed by atoms with Gasteiger partial charge >= 0.3 is 122 Å². The van der Waals surface area contributed by atoms with E-state index < -0.39 is 0 Å². The number of rotatable bonds is 3. The summed E-state index contributed by atoms with van der Waals surface area (Å²) >= 11 is 0.454. The van der Waals surface area contributed by atoms with Gasteiger partial charge in [0.15, 0.2) is 0 Å². The molecule has 0 saturated carbocycles. The summed E-state index contributed by atoms with van der Waals surface area (Å²) in [5.41, 5.74) is 2.01. The molecule has 0 unspecified atom stereocenters. The summed E-state index contributed by atoms with van der Waals surface area (Å²) < 4.78 is 6.51. The molecule has 0 atom stereocenters. The number of anilines is 2. The van der Waals surface area contributed by atoms with Gasteiger partial charge in [-0.15, -0.1) is 0 Å². The number of para-hydroxylation sites is 1. The predicted octanol–water partition coefficient (Wildman–Crippen LogP) is 2.91. The van der Waals surface area contributed by atoms with Gasteiger partial charge in [0.2, 0.25) is 0 Å². The van der Waals surface area contributed by atoms with Gasteiger partial charge in [-0.25, -0.2) is 0 Å². The van der Waals surface area contributed by atoms with Crippen LogP contribution in [0.5, 0.6) is 0 Å². The van der Waals surface area contributed by atoms with Gasteiger partial charge in [-0.2, -0.15) is 0 Å². The first-order valence-electron chi connectivity index (χ1n) is 6.20. The van der Waals surface area contributed by atoms with E-state index in [1.807, 2.05) is 30.3 Å². The van der Waals surface area contributed by atoms with Crippen molar-refractivity contribution in [1.29, 1.82) is 0 Å². The molecule has 1 heterocycles. The van der Waals surface area contributed by atoms with Gasteiger partial charge in [0.25, 0.3) is 0 Å². The van der Waals surface area contributed by atoms with Gasteiger partial charge in [-0.3, -0.25) is 0 Å². The van der Waals surface area contributed by atoms with Crippen LogP contribution in [0.1, 0.15) is 0 Å². The van der Waals surface area contributed by atoms with E-state index in [1.54, 1.807) is 6.07 Å². The van der Waals surface area contributed by atoms with E-state index in [2.05, 4.69) is 23.3 Å². The van der Waals surface area contributed by atoms with Crippen LogP contribution in [-0.4, -0.2) is 15.0 Å². The van der Waals surface area contributed by atoms with Crippen LogP contribution in [0, 0.1) is 0 Å². The Kier molecular flexibility index (Phi) is 3.59. The molecule has 100 valence electrons. The molecule has 0 amide bonds. The standard InChI is InChI=1S/C16H13NO2Se/c1-20-12-6-4-5-11(9-12)17-14-10-16(18)19-15-8-3-2-7-13(14)15/h2-10,17H,1H3. The number of benzene rings is 2. The molecule has 20 heavy (non-hydrogen) atoms. The number of hydrogen-bond acceptors (Lipinski definition) is 3. The molecular formula is C16H13NO2Se. The molecule has 4 heteroatoms. The molecule has 1 N–H and O–H groups in total. The summed E-state index contributed by atoms with van der Waals surface area (Å²) in [7, 11) is 0. The summed E-state index contributed by atoms with van der Waals surface area (Å²) in [5, 5.41) is 4.21. The third-order valence-electron chi connectivity index (χ3n) is 3.00. The molecule has 0 aliphatic rings. The molecule has 0 spiro atoms.